The van der Waals surface area contributed by atoms with Gasteiger partial charge in [0.25, 0.3) is 0 Å². The van der Waals surface area contributed by atoms with Gasteiger partial charge in [-0.25, -0.2) is 9.59 Å². The highest BCUT2D eigenvalue weighted by atomic mass is 79.9. The summed E-state index contributed by atoms with van der Waals surface area (Å²) in [6.45, 7) is 5.55. The van der Waals surface area contributed by atoms with Crippen LogP contribution in [0.25, 0.3) is 0 Å². The minimum Gasteiger partial charge on any atom is -0.490 e. The zero-order valence-corrected chi connectivity index (χ0v) is 15.0. The van der Waals surface area contributed by atoms with Gasteiger partial charge in [0.2, 0.25) is 0 Å². The number of carbonyl (C=O) groups is 2. The first-order valence-corrected chi connectivity index (χ1v) is 7.95. The zero-order valence-electron chi connectivity index (χ0n) is 13.4. The summed E-state index contributed by atoms with van der Waals surface area (Å²) in [4.78, 5) is 23.8. The van der Waals surface area contributed by atoms with Crippen LogP contribution >= 0.6 is 15.9 Å². The molecule has 0 spiro atoms. The molecule has 6 nitrogen and oxygen atoms in total. The summed E-state index contributed by atoms with van der Waals surface area (Å²) in [6.07, 6.45) is 0.0449. The third kappa shape index (κ3) is 3.85. The minimum atomic E-state index is -0.583. The molecule has 1 aromatic carbocycles. The Kier molecular flexibility index (Phi) is 5.30. The SMILES string of the molecule is COC(=O)C1=C(C)NC(=O)NC1c1ccc(OC(C)C)c(Br)c1. The Morgan fingerprint density at radius 1 is 1.35 bits per heavy atom. The van der Waals surface area contributed by atoms with Crippen molar-refractivity contribution in [2.75, 3.05) is 7.11 Å². The summed E-state index contributed by atoms with van der Waals surface area (Å²) >= 11 is 3.46. The molecule has 0 bridgehead atoms. The average molecular weight is 383 g/mol. The maximum absolute atomic E-state index is 12.1. The van der Waals surface area contributed by atoms with E-state index in [4.69, 9.17) is 9.47 Å². The second-order valence-corrected chi connectivity index (χ2v) is 6.27. The molecular weight excluding hydrogens is 364 g/mol. The number of esters is 1. The first-order chi connectivity index (χ1) is 10.8. The van der Waals surface area contributed by atoms with Gasteiger partial charge in [0.15, 0.2) is 0 Å². The fourth-order valence-electron chi connectivity index (χ4n) is 2.37. The van der Waals surface area contributed by atoms with Crippen molar-refractivity contribution < 1.29 is 19.1 Å². The molecule has 1 aliphatic heterocycles. The van der Waals surface area contributed by atoms with Crippen LogP contribution < -0.4 is 15.4 Å². The molecule has 7 heteroatoms. The number of ether oxygens (including phenoxy) is 2. The molecule has 1 aromatic rings. The highest BCUT2D eigenvalue weighted by Crippen LogP contribution is 2.33. The standard InChI is InChI=1S/C16H19BrN2O4/c1-8(2)23-12-6-5-10(7-11(12)17)14-13(15(20)22-4)9(3)18-16(21)19-14/h5-8,14H,1-4H3,(H2,18,19,21). The van der Waals surface area contributed by atoms with Crippen LogP contribution in [0.15, 0.2) is 33.9 Å². The zero-order chi connectivity index (χ0) is 17.1. The first-order valence-electron chi connectivity index (χ1n) is 7.16. The number of rotatable bonds is 4. The molecule has 0 saturated carbocycles. The van der Waals surface area contributed by atoms with E-state index in [9.17, 15) is 9.59 Å². The van der Waals surface area contributed by atoms with E-state index in [2.05, 4.69) is 26.6 Å². The van der Waals surface area contributed by atoms with E-state index in [1.54, 1.807) is 13.0 Å². The quantitative estimate of drug-likeness (QED) is 0.784. The van der Waals surface area contributed by atoms with Crippen molar-refractivity contribution in [2.24, 2.45) is 0 Å². The van der Waals surface area contributed by atoms with Gasteiger partial charge in [0, 0.05) is 5.70 Å². The molecule has 2 N–H and O–H groups in total. The van der Waals surface area contributed by atoms with Crippen molar-refractivity contribution in [2.45, 2.75) is 32.9 Å². The van der Waals surface area contributed by atoms with Crippen LogP contribution in [0.1, 0.15) is 32.4 Å². The average Bonchev–Trinajstić information content (AvgIpc) is 2.47. The van der Waals surface area contributed by atoms with E-state index in [1.165, 1.54) is 7.11 Å². The van der Waals surface area contributed by atoms with Gasteiger partial charge in [-0.3, -0.25) is 0 Å². The van der Waals surface area contributed by atoms with Gasteiger partial charge in [-0.15, -0.1) is 0 Å². The predicted octanol–water partition coefficient (Wildman–Crippen LogP) is 3.04. The first kappa shape index (κ1) is 17.3. The fourth-order valence-corrected chi connectivity index (χ4v) is 2.86. The van der Waals surface area contributed by atoms with Crippen molar-refractivity contribution in [3.8, 4) is 5.75 Å². The van der Waals surface area contributed by atoms with E-state index < -0.39 is 12.0 Å². The summed E-state index contributed by atoms with van der Waals surface area (Å²) in [6, 6.07) is 4.50. The largest absolute Gasteiger partial charge is 0.490 e. The number of amides is 2. The Bertz CT molecular complexity index is 670. The lowest BCUT2D eigenvalue weighted by Crippen LogP contribution is -2.45. The molecule has 1 aliphatic rings. The Balaban J connectivity index is 2.42. The van der Waals surface area contributed by atoms with Gasteiger partial charge >= 0.3 is 12.0 Å². The lowest BCUT2D eigenvalue weighted by Gasteiger charge is -2.28. The number of methoxy groups -OCH3 is 1. The number of nitrogens with one attached hydrogen (secondary N) is 2. The van der Waals surface area contributed by atoms with Crippen molar-refractivity contribution in [3.05, 3.63) is 39.5 Å². The number of halogens is 1. The molecule has 0 fully saturated rings. The Morgan fingerprint density at radius 2 is 2.04 bits per heavy atom. The number of hydrogen-bond donors (Lipinski definition) is 2. The topological polar surface area (TPSA) is 76.7 Å². The number of hydrogen-bond acceptors (Lipinski definition) is 4. The molecule has 124 valence electrons. The molecule has 0 radical (unpaired) electrons. The van der Waals surface area contributed by atoms with Crippen LogP contribution in [0.4, 0.5) is 4.79 Å². The van der Waals surface area contributed by atoms with Crippen LogP contribution in [0.2, 0.25) is 0 Å². The Hall–Kier alpha value is -2.02. The van der Waals surface area contributed by atoms with E-state index in [0.717, 1.165) is 10.0 Å². The minimum absolute atomic E-state index is 0.0449. The number of allylic oxidation sites excluding steroid dienone is 1. The molecule has 0 aromatic heterocycles. The maximum Gasteiger partial charge on any atom is 0.337 e. The number of benzene rings is 1. The summed E-state index contributed by atoms with van der Waals surface area (Å²) in [5.74, 6) is 0.211. The number of urea groups is 1. The molecule has 1 heterocycles. The third-order valence-corrected chi connectivity index (χ3v) is 3.95. The van der Waals surface area contributed by atoms with Gasteiger partial charge in [0.1, 0.15) is 5.75 Å². The lowest BCUT2D eigenvalue weighted by atomic mass is 9.95. The maximum atomic E-state index is 12.1. The fraction of sp³-hybridized carbons (Fsp3) is 0.375. The molecule has 2 amide bonds. The van der Waals surface area contributed by atoms with Crippen LogP contribution in [0.5, 0.6) is 5.75 Å². The lowest BCUT2D eigenvalue weighted by molar-refractivity contribution is -0.136. The molecule has 0 aliphatic carbocycles. The highest BCUT2D eigenvalue weighted by Gasteiger charge is 2.32. The second kappa shape index (κ2) is 7.04. The predicted molar refractivity (Wildman–Crippen MR) is 89.0 cm³/mol. The second-order valence-electron chi connectivity index (χ2n) is 5.42. The van der Waals surface area contributed by atoms with Gasteiger partial charge in [-0.2, -0.15) is 0 Å². The summed E-state index contributed by atoms with van der Waals surface area (Å²) in [7, 11) is 1.31. The van der Waals surface area contributed by atoms with Gasteiger partial charge in [-0.1, -0.05) is 6.07 Å². The normalized spacial score (nSPS) is 17.7. The van der Waals surface area contributed by atoms with Crippen molar-refractivity contribution in [1.82, 2.24) is 10.6 Å². The highest BCUT2D eigenvalue weighted by molar-refractivity contribution is 9.10. The molecule has 1 unspecified atom stereocenters. The smallest absolute Gasteiger partial charge is 0.337 e. The molecular formula is C16H19BrN2O4. The third-order valence-electron chi connectivity index (χ3n) is 3.33. The van der Waals surface area contributed by atoms with Crippen LogP contribution in [0, 0.1) is 0 Å². The van der Waals surface area contributed by atoms with Crippen molar-refractivity contribution in [1.29, 1.82) is 0 Å². The van der Waals surface area contributed by atoms with Gasteiger partial charge in [-0.05, 0) is 54.4 Å². The Labute approximate surface area is 143 Å². The molecule has 23 heavy (non-hydrogen) atoms. The van der Waals surface area contributed by atoms with Crippen LogP contribution in [0.3, 0.4) is 0 Å². The van der Waals surface area contributed by atoms with Crippen molar-refractivity contribution in [3.63, 3.8) is 0 Å². The molecule has 2 rings (SSSR count). The summed E-state index contributed by atoms with van der Waals surface area (Å²) in [5, 5.41) is 5.33. The van der Waals surface area contributed by atoms with Crippen LogP contribution in [-0.2, 0) is 9.53 Å². The van der Waals surface area contributed by atoms with E-state index in [1.807, 2.05) is 26.0 Å². The van der Waals surface area contributed by atoms with Gasteiger partial charge < -0.3 is 20.1 Å². The summed E-state index contributed by atoms with van der Waals surface area (Å²) < 4.78 is 11.3. The molecule has 0 saturated heterocycles. The van der Waals surface area contributed by atoms with E-state index in [0.29, 0.717) is 17.0 Å². The van der Waals surface area contributed by atoms with Crippen LogP contribution in [-0.4, -0.2) is 25.2 Å². The number of carbonyl (C=O) groups excluding carboxylic acids is 2. The molecule has 1 atom stereocenters. The van der Waals surface area contributed by atoms with Gasteiger partial charge in [0.05, 0.1) is 29.3 Å². The van der Waals surface area contributed by atoms with E-state index >= 15 is 0 Å². The summed E-state index contributed by atoms with van der Waals surface area (Å²) in [5.41, 5.74) is 1.60. The monoisotopic (exact) mass is 382 g/mol. The Morgan fingerprint density at radius 3 is 2.61 bits per heavy atom. The van der Waals surface area contributed by atoms with E-state index in [-0.39, 0.29) is 12.1 Å². The van der Waals surface area contributed by atoms with Crippen molar-refractivity contribution >= 4 is 27.9 Å².